The Balaban J connectivity index is 1.85. The van der Waals surface area contributed by atoms with E-state index in [0.29, 0.717) is 6.61 Å². The van der Waals surface area contributed by atoms with Gasteiger partial charge >= 0.3 is 11.9 Å². The summed E-state index contributed by atoms with van der Waals surface area (Å²) < 4.78 is 40.4. The quantitative estimate of drug-likeness (QED) is 0.0491. The number of benzene rings is 4. The summed E-state index contributed by atoms with van der Waals surface area (Å²) in [5.41, 5.74) is 0.737. The third-order valence-electron chi connectivity index (χ3n) is 11.3. The minimum absolute atomic E-state index is 0.124. The van der Waals surface area contributed by atoms with E-state index in [1.54, 1.807) is 13.0 Å². The van der Waals surface area contributed by atoms with Crippen molar-refractivity contribution in [1.82, 2.24) is 0 Å². The Morgan fingerprint density at radius 2 is 1.07 bits per heavy atom. The molecule has 5 atom stereocenters. The highest BCUT2D eigenvalue weighted by molar-refractivity contribution is 7.00. The largest absolute Gasteiger partial charge is 0.463 e. The Hall–Kier alpha value is -4.17. The van der Waals surface area contributed by atoms with Gasteiger partial charge in [-0.05, 0) is 58.0 Å². The number of carbonyl (C=O) groups excluding carboxylic acids is 2. The van der Waals surface area contributed by atoms with E-state index in [1.165, 1.54) is 6.92 Å². The first kappa shape index (κ1) is 45.9. The summed E-state index contributed by atoms with van der Waals surface area (Å²) >= 11 is 0. The third-order valence-corrected chi connectivity index (χ3v) is 21.4. The molecule has 4 aromatic rings. The fraction of sp³-hybridized carbons (Fsp3) is 0.429. The molecule has 1 saturated carbocycles. The average Bonchev–Trinajstić information content (AvgIpc) is 3.20. The molecule has 0 aliphatic heterocycles. The highest BCUT2D eigenvalue weighted by Crippen LogP contribution is 2.46. The monoisotopic (exact) mass is 836 g/mol. The first-order valence-electron chi connectivity index (χ1n) is 20.9. The number of hydrogen-bond acceptors (Lipinski definition) is 8. The van der Waals surface area contributed by atoms with Crippen molar-refractivity contribution in [3.63, 3.8) is 0 Å². The van der Waals surface area contributed by atoms with Crippen molar-refractivity contribution >= 4 is 49.3 Å². The van der Waals surface area contributed by atoms with Crippen molar-refractivity contribution in [2.45, 2.75) is 110 Å². The predicted octanol–water partition coefficient (Wildman–Crippen LogP) is 7.72. The highest BCUT2D eigenvalue weighted by atomic mass is 28.4. The zero-order valence-electron chi connectivity index (χ0n) is 36.6. The van der Waals surface area contributed by atoms with Gasteiger partial charge < -0.3 is 27.8 Å². The molecule has 0 heterocycles. The zero-order chi connectivity index (χ0) is 42.8. The molecule has 1 aliphatic rings. The molecule has 0 radical (unpaired) electrons. The highest BCUT2D eigenvalue weighted by Gasteiger charge is 2.59. The maximum Gasteiger partial charge on any atom is 0.330 e. The molecule has 10 heteroatoms. The second kappa shape index (κ2) is 19.9. The van der Waals surface area contributed by atoms with Crippen LogP contribution in [0.1, 0.15) is 75.7 Å². The lowest BCUT2D eigenvalue weighted by Crippen LogP contribution is -2.72. The van der Waals surface area contributed by atoms with Crippen molar-refractivity contribution < 1.29 is 37.4 Å². The van der Waals surface area contributed by atoms with Gasteiger partial charge in [0.2, 0.25) is 0 Å². The molecular weight excluding hydrogens is 773 g/mol. The van der Waals surface area contributed by atoms with E-state index < -0.39 is 69.2 Å². The maximum atomic E-state index is 13.6. The minimum atomic E-state index is -3.35. The Morgan fingerprint density at radius 1 is 0.644 bits per heavy atom. The average molecular weight is 837 g/mol. The van der Waals surface area contributed by atoms with Crippen LogP contribution in [-0.4, -0.2) is 73.0 Å². The van der Waals surface area contributed by atoms with E-state index in [2.05, 4.69) is 90.1 Å². The number of hydrogen-bond donors (Lipinski definition) is 0. The van der Waals surface area contributed by atoms with E-state index in [1.807, 2.05) is 86.6 Å². The standard InChI is InChI=1S/C49H64O8Si2/c1-11-52-37(4)54-35-43-38(34-45(51)53-12-2)33-44(56-58(48(5,6)7,39-25-17-13-18-26-39)40-27-19-14-20-28-40)47(55-36(3)50)46(43)57-59(49(8,9)10,41-29-21-15-22-30-41)42-31-23-16-24-32-42/h13-32,34,37,43-44,46-47H,11-12,33,35H2,1-10H3/b38-34-. The van der Waals surface area contributed by atoms with Crippen molar-refractivity contribution in [3.05, 3.63) is 133 Å². The summed E-state index contributed by atoms with van der Waals surface area (Å²) in [6.45, 7) is 21.1. The van der Waals surface area contributed by atoms with Crippen molar-refractivity contribution in [3.8, 4) is 0 Å². The molecule has 5 rings (SSSR count). The predicted molar refractivity (Wildman–Crippen MR) is 240 cm³/mol. The van der Waals surface area contributed by atoms with Gasteiger partial charge in [-0.3, -0.25) is 4.79 Å². The van der Waals surface area contributed by atoms with Gasteiger partial charge in [-0.2, -0.15) is 0 Å². The zero-order valence-corrected chi connectivity index (χ0v) is 38.6. The van der Waals surface area contributed by atoms with Crippen LogP contribution >= 0.6 is 0 Å². The molecule has 8 nitrogen and oxygen atoms in total. The number of ether oxygens (including phenoxy) is 4. The van der Waals surface area contributed by atoms with Crippen LogP contribution in [0.5, 0.6) is 0 Å². The van der Waals surface area contributed by atoms with E-state index in [0.717, 1.165) is 26.3 Å². The van der Waals surface area contributed by atoms with Gasteiger partial charge in [0.05, 0.1) is 25.4 Å². The molecule has 316 valence electrons. The van der Waals surface area contributed by atoms with E-state index in [4.69, 9.17) is 27.8 Å². The molecule has 0 spiro atoms. The van der Waals surface area contributed by atoms with Crippen LogP contribution < -0.4 is 20.7 Å². The molecule has 0 aromatic heterocycles. The number of carbonyl (C=O) groups is 2. The molecule has 0 saturated heterocycles. The lowest BCUT2D eigenvalue weighted by molar-refractivity contribution is -0.175. The number of rotatable bonds is 16. The van der Waals surface area contributed by atoms with Crippen LogP contribution in [0.4, 0.5) is 0 Å². The van der Waals surface area contributed by atoms with Gasteiger partial charge in [-0.15, -0.1) is 0 Å². The fourth-order valence-corrected chi connectivity index (χ4v) is 18.2. The molecular formula is C49H64O8Si2. The van der Waals surface area contributed by atoms with E-state index in [9.17, 15) is 9.59 Å². The Morgan fingerprint density at radius 3 is 1.44 bits per heavy atom. The molecule has 59 heavy (non-hydrogen) atoms. The SMILES string of the molecule is CCOC(=O)/C=C1/CC(O[Si](c2ccccc2)(c2ccccc2)C(C)(C)C)C(OC(C)=O)C(O[Si](c2ccccc2)(c2ccccc2)C(C)(C)C)C1COC(C)OCC. The second-order valence-corrected chi connectivity index (χ2v) is 25.8. The van der Waals surface area contributed by atoms with Crippen LogP contribution in [0.25, 0.3) is 0 Å². The maximum absolute atomic E-state index is 13.6. The van der Waals surface area contributed by atoms with Crippen LogP contribution in [0, 0.1) is 5.92 Å². The first-order chi connectivity index (χ1) is 28.1. The summed E-state index contributed by atoms with van der Waals surface area (Å²) in [4.78, 5) is 27.2. The molecule has 5 unspecified atom stereocenters. The summed E-state index contributed by atoms with van der Waals surface area (Å²) in [6.07, 6.45) is -1.19. The summed E-state index contributed by atoms with van der Waals surface area (Å²) in [6, 6.07) is 41.6. The van der Waals surface area contributed by atoms with E-state index in [-0.39, 0.29) is 19.6 Å². The van der Waals surface area contributed by atoms with Gasteiger partial charge in [0.25, 0.3) is 16.6 Å². The summed E-state index contributed by atoms with van der Waals surface area (Å²) in [5.74, 6) is -1.49. The van der Waals surface area contributed by atoms with Crippen LogP contribution in [-0.2, 0) is 37.4 Å². The fourth-order valence-electron chi connectivity index (χ4n) is 8.78. The molecule has 1 aliphatic carbocycles. The molecule has 1 fully saturated rings. The van der Waals surface area contributed by atoms with Crippen molar-refractivity contribution in [1.29, 1.82) is 0 Å². The molecule has 0 N–H and O–H groups in total. The topological polar surface area (TPSA) is 89.5 Å². The van der Waals surface area contributed by atoms with Crippen LogP contribution in [0.3, 0.4) is 0 Å². The van der Waals surface area contributed by atoms with Crippen molar-refractivity contribution in [2.24, 2.45) is 5.92 Å². The lowest BCUT2D eigenvalue weighted by atomic mass is 9.78. The van der Waals surface area contributed by atoms with Crippen LogP contribution in [0.2, 0.25) is 10.1 Å². The molecule has 0 bridgehead atoms. The minimum Gasteiger partial charge on any atom is -0.463 e. The smallest absolute Gasteiger partial charge is 0.330 e. The van der Waals surface area contributed by atoms with Gasteiger partial charge in [-0.1, -0.05) is 168 Å². The lowest BCUT2D eigenvalue weighted by Gasteiger charge is -2.53. The Bertz CT molecular complexity index is 1880. The molecule has 0 amide bonds. The summed E-state index contributed by atoms with van der Waals surface area (Å²) in [5, 5.41) is 3.45. The Kier molecular flexibility index (Phi) is 15.5. The van der Waals surface area contributed by atoms with Gasteiger partial charge in [0.15, 0.2) is 12.4 Å². The van der Waals surface area contributed by atoms with Gasteiger partial charge in [0, 0.05) is 25.5 Å². The molecule has 4 aromatic carbocycles. The van der Waals surface area contributed by atoms with Gasteiger partial charge in [-0.25, -0.2) is 4.79 Å². The number of esters is 2. The van der Waals surface area contributed by atoms with E-state index >= 15 is 0 Å². The van der Waals surface area contributed by atoms with Crippen LogP contribution in [0.15, 0.2) is 133 Å². The summed E-state index contributed by atoms with van der Waals surface area (Å²) in [7, 11) is -6.61. The normalized spacial score (nSPS) is 20.2. The second-order valence-electron chi connectivity index (χ2n) is 17.3. The van der Waals surface area contributed by atoms with Gasteiger partial charge in [0.1, 0.15) is 0 Å². The first-order valence-corrected chi connectivity index (χ1v) is 24.8. The van der Waals surface area contributed by atoms with Crippen molar-refractivity contribution in [2.75, 3.05) is 19.8 Å². The third kappa shape index (κ3) is 10.2. The Labute approximate surface area is 354 Å².